The second-order valence-electron chi connectivity index (χ2n) is 9.44. The second-order valence-corrected chi connectivity index (χ2v) is 11.6. The van der Waals surface area contributed by atoms with Crippen LogP contribution in [0.15, 0.2) is 77.7 Å². The molecule has 3 aromatic carbocycles. The van der Waals surface area contributed by atoms with Crippen LogP contribution in [0.3, 0.4) is 0 Å². The maximum Gasteiger partial charge on any atom is 0.310 e. The predicted molar refractivity (Wildman–Crippen MR) is 153 cm³/mol. The van der Waals surface area contributed by atoms with E-state index in [0.29, 0.717) is 47.9 Å². The number of rotatable bonds is 9. The van der Waals surface area contributed by atoms with E-state index in [-0.39, 0.29) is 23.4 Å². The Morgan fingerprint density at radius 1 is 1.08 bits per heavy atom. The van der Waals surface area contributed by atoms with E-state index in [4.69, 9.17) is 16.3 Å². The van der Waals surface area contributed by atoms with Crippen molar-refractivity contribution in [2.45, 2.75) is 37.6 Å². The lowest BCUT2D eigenvalue weighted by Gasteiger charge is -2.34. The number of nitrogens with zero attached hydrogens (tertiary/aromatic N) is 1. The number of hydrogen-bond acceptors (Lipinski definition) is 6. The maximum atomic E-state index is 13.8. The average molecular weight is 570 g/mol. The van der Waals surface area contributed by atoms with Crippen molar-refractivity contribution in [3.8, 4) is 0 Å². The Morgan fingerprint density at radius 2 is 1.85 bits per heavy atom. The van der Waals surface area contributed by atoms with E-state index in [2.05, 4.69) is 10.0 Å². The number of piperidine rings is 1. The van der Waals surface area contributed by atoms with Crippen LogP contribution in [0.5, 0.6) is 0 Å². The quantitative estimate of drug-likeness (QED) is 0.334. The van der Waals surface area contributed by atoms with E-state index < -0.39 is 22.0 Å². The van der Waals surface area contributed by atoms with Gasteiger partial charge < -0.3 is 15.0 Å². The molecule has 1 aliphatic heterocycles. The highest BCUT2D eigenvalue weighted by Crippen LogP contribution is 2.33. The summed E-state index contributed by atoms with van der Waals surface area (Å²) in [6.45, 7) is 4.75. The van der Waals surface area contributed by atoms with Crippen LogP contribution in [0, 0.1) is 5.92 Å². The minimum atomic E-state index is -4.05. The van der Waals surface area contributed by atoms with E-state index >= 15 is 0 Å². The van der Waals surface area contributed by atoms with Gasteiger partial charge in [0.25, 0.3) is 5.91 Å². The van der Waals surface area contributed by atoms with Crippen molar-refractivity contribution in [2.75, 3.05) is 29.9 Å². The predicted octanol–water partition coefficient (Wildman–Crippen LogP) is 5.41. The van der Waals surface area contributed by atoms with Crippen molar-refractivity contribution in [1.29, 1.82) is 0 Å². The molecule has 4 rings (SSSR count). The summed E-state index contributed by atoms with van der Waals surface area (Å²) in [4.78, 5) is 27.2. The molecule has 0 bridgehead atoms. The molecule has 1 saturated heterocycles. The lowest BCUT2D eigenvalue weighted by Crippen LogP contribution is -2.40. The standard InChI is InChI=1S/C29H32ClN3O5S/c1-3-38-29(35)23-12-8-16-33(19-23)26-15-14-25(31-28(34)22-11-7-13-24(30)17-22)18-27(26)39(36,37)32-20(2)21-9-5-4-6-10-21/h4-7,9-11,13-15,17-18,20,23,32H,3,8,12,16,19H2,1-2H3,(H,31,34). The van der Waals surface area contributed by atoms with Gasteiger partial charge in [-0.05, 0) is 68.7 Å². The van der Waals surface area contributed by atoms with Gasteiger partial charge in [0, 0.05) is 35.4 Å². The number of ether oxygens (including phenoxy) is 1. The molecule has 2 N–H and O–H groups in total. The molecule has 1 amide bonds. The number of carbonyl (C=O) groups is 2. The topological polar surface area (TPSA) is 105 Å². The van der Waals surface area contributed by atoms with Crippen molar-refractivity contribution < 1.29 is 22.7 Å². The first-order valence-corrected chi connectivity index (χ1v) is 14.7. The number of hydrogen-bond donors (Lipinski definition) is 2. The van der Waals surface area contributed by atoms with Crippen LogP contribution in [0.2, 0.25) is 5.02 Å². The lowest BCUT2D eigenvalue weighted by molar-refractivity contribution is -0.148. The molecule has 0 saturated carbocycles. The summed E-state index contributed by atoms with van der Waals surface area (Å²) in [5, 5.41) is 3.19. The van der Waals surface area contributed by atoms with Crippen LogP contribution in [-0.4, -0.2) is 40.0 Å². The monoisotopic (exact) mass is 569 g/mol. The first-order valence-electron chi connectivity index (χ1n) is 12.9. The van der Waals surface area contributed by atoms with E-state index in [1.54, 1.807) is 44.2 Å². The summed E-state index contributed by atoms with van der Waals surface area (Å²) >= 11 is 6.03. The molecule has 1 aliphatic rings. The Hall–Kier alpha value is -3.40. The number of nitrogens with one attached hydrogen (secondary N) is 2. The zero-order valence-corrected chi connectivity index (χ0v) is 23.5. The third kappa shape index (κ3) is 7.17. The summed E-state index contributed by atoms with van der Waals surface area (Å²) in [5.41, 5.74) is 1.93. The van der Waals surface area contributed by atoms with Crippen molar-refractivity contribution in [3.63, 3.8) is 0 Å². The van der Waals surface area contributed by atoms with Crippen molar-refractivity contribution in [2.24, 2.45) is 5.92 Å². The zero-order valence-electron chi connectivity index (χ0n) is 21.9. The third-order valence-corrected chi connectivity index (χ3v) is 8.41. The Kier molecular flexibility index (Phi) is 9.27. The summed E-state index contributed by atoms with van der Waals surface area (Å²) in [6, 6.07) is 20.0. The Balaban J connectivity index is 1.68. The molecule has 0 aliphatic carbocycles. The molecule has 206 valence electrons. The molecule has 39 heavy (non-hydrogen) atoms. The molecule has 2 unspecified atom stereocenters. The maximum absolute atomic E-state index is 13.8. The molecule has 8 nitrogen and oxygen atoms in total. The first kappa shape index (κ1) is 28.6. The minimum absolute atomic E-state index is 0.0127. The first-order chi connectivity index (χ1) is 18.7. The van der Waals surface area contributed by atoms with Crippen LogP contribution < -0.4 is 14.9 Å². The summed E-state index contributed by atoms with van der Waals surface area (Å²) in [6.07, 6.45) is 1.39. The molecular weight excluding hydrogens is 538 g/mol. The largest absolute Gasteiger partial charge is 0.466 e. The number of esters is 1. The summed E-state index contributed by atoms with van der Waals surface area (Å²) < 4.78 is 35.6. The number of carbonyl (C=O) groups excluding carboxylic acids is 2. The van der Waals surface area contributed by atoms with Crippen molar-refractivity contribution in [3.05, 3.63) is 88.9 Å². The van der Waals surface area contributed by atoms with Gasteiger partial charge in [-0.15, -0.1) is 0 Å². The molecule has 1 fully saturated rings. The minimum Gasteiger partial charge on any atom is -0.466 e. The Labute approximate surface area is 234 Å². The Morgan fingerprint density at radius 3 is 2.56 bits per heavy atom. The number of halogens is 1. The van der Waals surface area contributed by atoms with Crippen molar-refractivity contribution >= 4 is 44.9 Å². The highest BCUT2D eigenvalue weighted by molar-refractivity contribution is 7.89. The van der Waals surface area contributed by atoms with Crippen LogP contribution in [-0.2, 0) is 19.6 Å². The molecule has 0 aromatic heterocycles. The smallest absolute Gasteiger partial charge is 0.310 e. The fourth-order valence-corrected chi connectivity index (χ4v) is 6.33. The Bertz CT molecular complexity index is 1430. The number of amides is 1. The van der Waals surface area contributed by atoms with Gasteiger partial charge in [-0.3, -0.25) is 9.59 Å². The zero-order chi connectivity index (χ0) is 28.0. The van der Waals surface area contributed by atoms with Crippen LogP contribution in [0.4, 0.5) is 11.4 Å². The summed E-state index contributed by atoms with van der Waals surface area (Å²) in [5.74, 6) is -1.06. The van der Waals surface area contributed by atoms with Gasteiger partial charge in [0.15, 0.2) is 0 Å². The number of anilines is 2. The van der Waals surface area contributed by atoms with Gasteiger partial charge in [-0.2, -0.15) is 0 Å². The molecule has 0 radical (unpaired) electrons. The van der Waals surface area contributed by atoms with Gasteiger partial charge in [-0.25, -0.2) is 13.1 Å². The summed E-state index contributed by atoms with van der Waals surface area (Å²) in [7, 11) is -4.05. The highest BCUT2D eigenvalue weighted by atomic mass is 35.5. The van der Waals surface area contributed by atoms with E-state index in [1.165, 1.54) is 12.1 Å². The number of benzene rings is 3. The van der Waals surface area contributed by atoms with Gasteiger partial charge in [0.1, 0.15) is 4.90 Å². The van der Waals surface area contributed by atoms with Gasteiger partial charge >= 0.3 is 5.97 Å². The van der Waals surface area contributed by atoms with Crippen molar-refractivity contribution in [1.82, 2.24) is 4.72 Å². The van der Waals surface area contributed by atoms with Crippen LogP contribution >= 0.6 is 11.6 Å². The molecule has 1 heterocycles. The van der Waals surface area contributed by atoms with Crippen LogP contribution in [0.25, 0.3) is 0 Å². The number of sulfonamides is 1. The second kappa shape index (κ2) is 12.6. The fourth-order valence-electron chi connectivity index (χ4n) is 4.66. The molecule has 2 atom stereocenters. The van der Waals surface area contributed by atoms with Gasteiger partial charge in [0.05, 0.1) is 18.2 Å². The molecular formula is C29H32ClN3O5S. The third-order valence-electron chi connectivity index (χ3n) is 6.61. The van der Waals surface area contributed by atoms with E-state index in [1.807, 2.05) is 35.2 Å². The lowest BCUT2D eigenvalue weighted by atomic mass is 9.97. The van der Waals surface area contributed by atoms with Crippen LogP contribution in [0.1, 0.15) is 48.7 Å². The molecule has 10 heteroatoms. The average Bonchev–Trinajstić information content (AvgIpc) is 2.93. The van der Waals surface area contributed by atoms with Gasteiger partial charge in [0.2, 0.25) is 10.0 Å². The normalized spacial score (nSPS) is 16.4. The SMILES string of the molecule is CCOC(=O)C1CCCN(c2ccc(NC(=O)c3cccc(Cl)c3)cc2S(=O)(=O)NC(C)c2ccccc2)C1. The molecule has 3 aromatic rings. The van der Waals surface area contributed by atoms with E-state index in [9.17, 15) is 18.0 Å². The fraction of sp³-hybridized carbons (Fsp3) is 0.310. The molecule has 0 spiro atoms. The highest BCUT2D eigenvalue weighted by Gasteiger charge is 2.31. The van der Waals surface area contributed by atoms with Gasteiger partial charge in [-0.1, -0.05) is 48.0 Å². The van der Waals surface area contributed by atoms with E-state index in [0.717, 1.165) is 5.56 Å².